The van der Waals surface area contributed by atoms with E-state index >= 15 is 0 Å². The summed E-state index contributed by atoms with van der Waals surface area (Å²) in [6.07, 6.45) is 0. The van der Waals surface area contributed by atoms with Crippen LogP contribution < -0.4 is 10.5 Å². The zero-order valence-corrected chi connectivity index (χ0v) is 8.86. The number of carbonyl (C=O) groups is 1. The molecular formula is C11H15NO3. The highest BCUT2D eigenvalue weighted by Gasteiger charge is 2.15. The van der Waals surface area contributed by atoms with Crippen molar-refractivity contribution in [2.45, 2.75) is 13.0 Å². The molecule has 0 saturated heterocycles. The van der Waals surface area contributed by atoms with Crippen LogP contribution in [0.5, 0.6) is 5.75 Å². The van der Waals surface area contributed by atoms with Gasteiger partial charge >= 0.3 is 0 Å². The van der Waals surface area contributed by atoms with Crippen LogP contribution in [0.3, 0.4) is 0 Å². The van der Waals surface area contributed by atoms with Crippen molar-refractivity contribution in [3.05, 3.63) is 29.3 Å². The van der Waals surface area contributed by atoms with Crippen molar-refractivity contribution in [3.63, 3.8) is 0 Å². The smallest absolute Gasteiger partial charge is 0.181 e. The second kappa shape index (κ2) is 4.91. The molecule has 0 saturated carbocycles. The summed E-state index contributed by atoms with van der Waals surface area (Å²) in [5.41, 5.74) is 6.80. The third-order valence-electron chi connectivity index (χ3n) is 2.21. The van der Waals surface area contributed by atoms with E-state index in [0.29, 0.717) is 5.56 Å². The molecule has 0 aliphatic carbocycles. The summed E-state index contributed by atoms with van der Waals surface area (Å²) in [5, 5.41) is 8.77. The van der Waals surface area contributed by atoms with Crippen LogP contribution in [0.15, 0.2) is 18.2 Å². The summed E-state index contributed by atoms with van der Waals surface area (Å²) < 4.78 is 5.07. The Morgan fingerprint density at radius 2 is 2.27 bits per heavy atom. The minimum atomic E-state index is -0.849. The van der Waals surface area contributed by atoms with Gasteiger partial charge in [0.15, 0.2) is 5.78 Å². The number of ketones is 1. The van der Waals surface area contributed by atoms with Crippen molar-refractivity contribution in [1.82, 2.24) is 0 Å². The first kappa shape index (κ1) is 11.7. The number of Topliss-reactive ketones (excluding diaryl/α,β-unsaturated/α-hetero) is 1. The van der Waals surface area contributed by atoms with Crippen LogP contribution in [0, 0.1) is 6.92 Å². The van der Waals surface area contributed by atoms with E-state index in [4.69, 9.17) is 15.6 Å². The van der Waals surface area contributed by atoms with Crippen LogP contribution in [-0.4, -0.2) is 30.6 Å². The lowest BCUT2D eigenvalue weighted by molar-refractivity contribution is 0.0925. The Bertz CT molecular complexity index is 363. The number of aliphatic hydroxyl groups excluding tert-OH is 1. The predicted octanol–water partition coefficient (Wildman–Crippen LogP) is 0.506. The first-order valence-corrected chi connectivity index (χ1v) is 4.65. The van der Waals surface area contributed by atoms with E-state index in [9.17, 15) is 4.79 Å². The van der Waals surface area contributed by atoms with Crippen molar-refractivity contribution in [3.8, 4) is 5.75 Å². The molecule has 15 heavy (non-hydrogen) atoms. The molecule has 0 aliphatic heterocycles. The summed E-state index contributed by atoms with van der Waals surface area (Å²) in [7, 11) is 1.57. The monoisotopic (exact) mass is 209 g/mol. The van der Waals surface area contributed by atoms with Gasteiger partial charge in [-0.2, -0.15) is 0 Å². The number of methoxy groups -OCH3 is 1. The lowest BCUT2D eigenvalue weighted by Crippen LogP contribution is -2.34. The van der Waals surface area contributed by atoms with Crippen LogP contribution >= 0.6 is 0 Å². The van der Waals surface area contributed by atoms with Crippen LogP contribution in [0.25, 0.3) is 0 Å². The number of hydrogen-bond acceptors (Lipinski definition) is 4. The Balaban J connectivity index is 2.97. The lowest BCUT2D eigenvalue weighted by atomic mass is 10.0. The average Bonchev–Trinajstić information content (AvgIpc) is 2.26. The zero-order chi connectivity index (χ0) is 11.4. The van der Waals surface area contributed by atoms with Gasteiger partial charge in [0.05, 0.1) is 19.8 Å². The molecule has 0 aromatic heterocycles. The summed E-state index contributed by atoms with van der Waals surface area (Å²) in [6.45, 7) is 1.50. The van der Waals surface area contributed by atoms with Crippen LogP contribution in [0.4, 0.5) is 0 Å². The first-order chi connectivity index (χ1) is 7.10. The molecule has 1 aromatic rings. The van der Waals surface area contributed by atoms with Crippen molar-refractivity contribution in [2.75, 3.05) is 13.7 Å². The van der Waals surface area contributed by atoms with Crippen LogP contribution in [-0.2, 0) is 0 Å². The molecule has 1 atom stereocenters. The third kappa shape index (κ3) is 2.55. The molecular weight excluding hydrogens is 194 g/mol. The molecule has 0 radical (unpaired) electrons. The zero-order valence-electron chi connectivity index (χ0n) is 8.86. The van der Waals surface area contributed by atoms with E-state index in [1.807, 2.05) is 6.92 Å². The Hall–Kier alpha value is -1.39. The number of aliphatic hydroxyl groups is 1. The van der Waals surface area contributed by atoms with Crippen molar-refractivity contribution >= 4 is 5.78 Å². The number of benzene rings is 1. The van der Waals surface area contributed by atoms with E-state index in [2.05, 4.69) is 0 Å². The summed E-state index contributed by atoms with van der Waals surface area (Å²) in [5.74, 6) is 0.465. The Labute approximate surface area is 88.7 Å². The van der Waals surface area contributed by atoms with Gasteiger partial charge in [-0.25, -0.2) is 0 Å². The van der Waals surface area contributed by atoms with Gasteiger partial charge in [-0.3, -0.25) is 4.79 Å². The topological polar surface area (TPSA) is 72.5 Å². The van der Waals surface area contributed by atoms with Gasteiger partial charge in [-0.15, -0.1) is 0 Å². The standard InChI is InChI=1S/C11H15NO3/c1-7-5-8(3-4-10(7)15-2)11(14)9(12)6-13/h3-5,9,13H,6,12H2,1-2H3. The number of rotatable bonds is 4. The number of carbonyl (C=O) groups excluding carboxylic acids is 1. The number of ether oxygens (including phenoxy) is 1. The maximum atomic E-state index is 11.6. The van der Waals surface area contributed by atoms with Crippen LogP contribution in [0.2, 0.25) is 0 Å². The van der Waals surface area contributed by atoms with Crippen molar-refractivity contribution in [1.29, 1.82) is 0 Å². The summed E-state index contributed by atoms with van der Waals surface area (Å²) in [6, 6.07) is 4.21. The largest absolute Gasteiger partial charge is 0.496 e. The fourth-order valence-corrected chi connectivity index (χ4v) is 1.33. The number of nitrogens with two attached hydrogens (primary N) is 1. The fourth-order valence-electron chi connectivity index (χ4n) is 1.33. The van der Waals surface area contributed by atoms with Gasteiger partial charge in [-0.05, 0) is 30.7 Å². The minimum Gasteiger partial charge on any atom is -0.496 e. The van der Waals surface area contributed by atoms with Gasteiger partial charge < -0.3 is 15.6 Å². The second-order valence-corrected chi connectivity index (χ2v) is 3.34. The van der Waals surface area contributed by atoms with E-state index < -0.39 is 6.04 Å². The van der Waals surface area contributed by atoms with E-state index in [0.717, 1.165) is 11.3 Å². The van der Waals surface area contributed by atoms with Gasteiger partial charge in [-0.1, -0.05) is 0 Å². The quantitative estimate of drug-likeness (QED) is 0.708. The van der Waals surface area contributed by atoms with Crippen molar-refractivity contribution in [2.24, 2.45) is 5.73 Å². The highest BCUT2D eigenvalue weighted by Crippen LogP contribution is 2.19. The summed E-state index contributed by atoms with van der Waals surface area (Å²) >= 11 is 0. The highest BCUT2D eigenvalue weighted by molar-refractivity contribution is 6.00. The van der Waals surface area contributed by atoms with E-state index in [-0.39, 0.29) is 12.4 Å². The molecule has 0 spiro atoms. The highest BCUT2D eigenvalue weighted by atomic mass is 16.5. The molecule has 0 bridgehead atoms. The number of aryl methyl sites for hydroxylation is 1. The molecule has 3 N–H and O–H groups in total. The fraction of sp³-hybridized carbons (Fsp3) is 0.364. The Morgan fingerprint density at radius 1 is 1.60 bits per heavy atom. The normalized spacial score (nSPS) is 12.3. The van der Waals surface area contributed by atoms with Gasteiger partial charge in [0.2, 0.25) is 0 Å². The molecule has 4 nitrogen and oxygen atoms in total. The van der Waals surface area contributed by atoms with Crippen LogP contribution in [0.1, 0.15) is 15.9 Å². The second-order valence-electron chi connectivity index (χ2n) is 3.34. The van der Waals surface area contributed by atoms with Gasteiger partial charge in [0.1, 0.15) is 5.75 Å². The molecule has 0 fully saturated rings. The molecule has 1 aromatic carbocycles. The number of hydrogen-bond donors (Lipinski definition) is 2. The molecule has 1 rings (SSSR count). The lowest BCUT2D eigenvalue weighted by Gasteiger charge is -2.09. The molecule has 1 unspecified atom stereocenters. The van der Waals surface area contributed by atoms with Gasteiger partial charge in [0, 0.05) is 5.56 Å². The Morgan fingerprint density at radius 3 is 2.73 bits per heavy atom. The molecule has 82 valence electrons. The van der Waals surface area contributed by atoms with Gasteiger partial charge in [0.25, 0.3) is 0 Å². The molecule has 4 heteroatoms. The summed E-state index contributed by atoms with van der Waals surface area (Å²) in [4.78, 5) is 11.6. The maximum absolute atomic E-state index is 11.6. The Kier molecular flexibility index (Phi) is 3.82. The van der Waals surface area contributed by atoms with E-state index in [1.165, 1.54) is 0 Å². The predicted molar refractivity (Wildman–Crippen MR) is 57.1 cm³/mol. The molecule has 0 amide bonds. The van der Waals surface area contributed by atoms with E-state index in [1.54, 1.807) is 25.3 Å². The molecule has 0 heterocycles. The molecule has 0 aliphatic rings. The van der Waals surface area contributed by atoms with Crippen molar-refractivity contribution < 1.29 is 14.6 Å². The average molecular weight is 209 g/mol. The SMILES string of the molecule is COc1ccc(C(=O)C(N)CO)cc1C. The maximum Gasteiger partial charge on any atom is 0.181 e. The minimum absolute atomic E-state index is 0.261. The third-order valence-corrected chi connectivity index (χ3v) is 2.21. The first-order valence-electron chi connectivity index (χ1n) is 4.65.